The number of carbonyl (C=O) groups is 1. The Morgan fingerprint density at radius 2 is 1.76 bits per heavy atom. The number of amides is 1. The molecular weight excluding hydrogens is 375 g/mol. The number of anilines is 2. The number of H-pyrrole nitrogens is 1. The van der Waals surface area contributed by atoms with Crippen molar-refractivity contribution in [2.24, 2.45) is 0 Å². The SMILES string of the molecule is CCN(C(=O)Cc1ccccc1F)c1c(N)n(Cc2ccccc2)c(=O)[nH]c1=O. The number of nitrogen functional groups attached to an aromatic ring is 1. The van der Waals surface area contributed by atoms with Gasteiger partial charge in [-0.15, -0.1) is 0 Å². The van der Waals surface area contributed by atoms with Gasteiger partial charge in [0, 0.05) is 6.54 Å². The molecule has 29 heavy (non-hydrogen) atoms. The summed E-state index contributed by atoms with van der Waals surface area (Å²) < 4.78 is 15.1. The molecule has 0 saturated carbocycles. The maximum Gasteiger partial charge on any atom is 0.330 e. The molecule has 3 rings (SSSR count). The molecule has 0 aliphatic carbocycles. The van der Waals surface area contributed by atoms with Gasteiger partial charge in [-0.3, -0.25) is 19.1 Å². The molecule has 0 saturated heterocycles. The van der Waals surface area contributed by atoms with E-state index in [1.54, 1.807) is 13.0 Å². The second-order valence-corrected chi connectivity index (χ2v) is 6.47. The lowest BCUT2D eigenvalue weighted by Crippen LogP contribution is -2.41. The third-order valence-corrected chi connectivity index (χ3v) is 4.58. The summed E-state index contributed by atoms with van der Waals surface area (Å²) in [5.74, 6) is -1.13. The van der Waals surface area contributed by atoms with Crippen molar-refractivity contribution in [3.05, 3.63) is 92.4 Å². The number of nitrogens with two attached hydrogens (primary N) is 1. The lowest BCUT2D eigenvalue weighted by atomic mass is 10.1. The number of carbonyl (C=O) groups excluding carboxylic acids is 1. The second kappa shape index (κ2) is 8.55. The standard InChI is InChI=1S/C21H21FN4O3/c1-2-25(17(27)12-15-10-6-7-11-16(15)22)18-19(23)26(21(29)24-20(18)28)13-14-8-4-3-5-9-14/h3-11H,2,12-13,23H2,1H3,(H,24,28,29). The van der Waals surface area contributed by atoms with Gasteiger partial charge < -0.3 is 10.6 Å². The largest absolute Gasteiger partial charge is 0.383 e. The first kappa shape index (κ1) is 20.1. The van der Waals surface area contributed by atoms with Crippen LogP contribution in [0.5, 0.6) is 0 Å². The first-order valence-corrected chi connectivity index (χ1v) is 9.12. The maximum absolute atomic E-state index is 13.9. The van der Waals surface area contributed by atoms with Crippen LogP contribution in [0, 0.1) is 5.82 Å². The number of likely N-dealkylation sites (N-methyl/N-ethyl adjacent to an activating group) is 1. The molecule has 8 heteroatoms. The van der Waals surface area contributed by atoms with Crippen molar-refractivity contribution in [1.82, 2.24) is 9.55 Å². The van der Waals surface area contributed by atoms with Gasteiger partial charge in [-0.2, -0.15) is 0 Å². The topological polar surface area (TPSA) is 101 Å². The van der Waals surface area contributed by atoms with E-state index in [9.17, 15) is 18.8 Å². The van der Waals surface area contributed by atoms with Gasteiger partial charge in [0.25, 0.3) is 5.56 Å². The lowest BCUT2D eigenvalue weighted by Gasteiger charge is -2.23. The number of benzene rings is 2. The smallest absolute Gasteiger partial charge is 0.330 e. The molecule has 0 aliphatic heterocycles. The molecule has 0 fully saturated rings. The summed E-state index contributed by atoms with van der Waals surface area (Å²) in [5, 5.41) is 0. The molecular formula is C21H21FN4O3. The third-order valence-electron chi connectivity index (χ3n) is 4.58. The second-order valence-electron chi connectivity index (χ2n) is 6.47. The van der Waals surface area contributed by atoms with E-state index in [1.165, 1.54) is 27.7 Å². The van der Waals surface area contributed by atoms with E-state index < -0.39 is 23.0 Å². The molecule has 3 aromatic rings. The number of hydrogen-bond acceptors (Lipinski definition) is 4. The van der Waals surface area contributed by atoms with Crippen molar-refractivity contribution in [2.45, 2.75) is 19.9 Å². The van der Waals surface area contributed by atoms with E-state index in [1.807, 2.05) is 30.3 Å². The molecule has 0 unspecified atom stereocenters. The summed E-state index contributed by atoms with van der Waals surface area (Å²) in [4.78, 5) is 41.0. The molecule has 150 valence electrons. The van der Waals surface area contributed by atoms with E-state index in [0.29, 0.717) is 0 Å². The Kier molecular flexibility index (Phi) is 5.92. The summed E-state index contributed by atoms with van der Waals surface area (Å²) in [6, 6.07) is 15.0. The predicted molar refractivity (Wildman–Crippen MR) is 109 cm³/mol. The van der Waals surface area contributed by atoms with Crippen LogP contribution in [0.25, 0.3) is 0 Å². The fourth-order valence-electron chi connectivity index (χ4n) is 3.12. The van der Waals surface area contributed by atoms with E-state index in [0.717, 1.165) is 5.56 Å². The summed E-state index contributed by atoms with van der Waals surface area (Å²) in [6.45, 7) is 1.93. The number of rotatable bonds is 6. The number of nitrogens with one attached hydrogen (secondary N) is 1. The van der Waals surface area contributed by atoms with Crippen molar-refractivity contribution in [2.75, 3.05) is 17.2 Å². The summed E-state index contributed by atoms with van der Waals surface area (Å²) in [5.41, 5.74) is 5.61. The van der Waals surface area contributed by atoms with Crippen LogP contribution in [0.1, 0.15) is 18.1 Å². The number of nitrogens with zero attached hydrogens (tertiary/aromatic N) is 2. The van der Waals surface area contributed by atoms with Crippen LogP contribution in [0.3, 0.4) is 0 Å². The summed E-state index contributed by atoms with van der Waals surface area (Å²) in [6.07, 6.45) is -0.239. The van der Waals surface area contributed by atoms with Gasteiger partial charge in [-0.1, -0.05) is 48.5 Å². The highest BCUT2D eigenvalue weighted by Gasteiger charge is 2.23. The predicted octanol–water partition coefficient (Wildman–Crippen LogP) is 1.90. The van der Waals surface area contributed by atoms with Crippen LogP contribution in [-0.4, -0.2) is 22.0 Å². The van der Waals surface area contributed by atoms with E-state index in [-0.39, 0.29) is 36.6 Å². The minimum Gasteiger partial charge on any atom is -0.383 e. The number of aromatic amines is 1. The first-order chi connectivity index (χ1) is 13.9. The number of aromatic nitrogens is 2. The van der Waals surface area contributed by atoms with Crippen LogP contribution >= 0.6 is 0 Å². The Morgan fingerprint density at radius 3 is 2.41 bits per heavy atom. The highest BCUT2D eigenvalue weighted by molar-refractivity contribution is 5.96. The highest BCUT2D eigenvalue weighted by Crippen LogP contribution is 2.19. The van der Waals surface area contributed by atoms with Gasteiger partial charge in [0.2, 0.25) is 5.91 Å². The Bertz CT molecular complexity index is 1140. The molecule has 0 atom stereocenters. The number of hydrogen-bond donors (Lipinski definition) is 2. The zero-order valence-electron chi connectivity index (χ0n) is 15.9. The van der Waals surface area contributed by atoms with Gasteiger partial charge in [0.1, 0.15) is 11.6 Å². The molecule has 0 bridgehead atoms. The minimum absolute atomic E-state index is 0.119. The fourth-order valence-corrected chi connectivity index (χ4v) is 3.12. The molecule has 1 aromatic heterocycles. The zero-order chi connectivity index (χ0) is 21.0. The molecule has 2 aromatic carbocycles. The van der Waals surface area contributed by atoms with Gasteiger partial charge in [0.05, 0.1) is 13.0 Å². The molecule has 0 spiro atoms. The minimum atomic E-state index is -0.763. The summed E-state index contributed by atoms with van der Waals surface area (Å²) in [7, 11) is 0. The lowest BCUT2D eigenvalue weighted by molar-refractivity contribution is -0.118. The molecule has 0 radical (unpaired) electrons. The van der Waals surface area contributed by atoms with E-state index in [4.69, 9.17) is 5.73 Å². The van der Waals surface area contributed by atoms with Crippen molar-refractivity contribution < 1.29 is 9.18 Å². The van der Waals surface area contributed by atoms with Crippen molar-refractivity contribution >= 4 is 17.4 Å². The van der Waals surface area contributed by atoms with E-state index >= 15 is 0 Å². The molecule has 1 amide bonds. The average Bonchev–Trinajstić information content (AvgIpc) is 2.70. The Labute approximate surface area is 166 Å². The fraction of sp³-hybridized carbons (Fsp3) is 0.190. The zero-order valence-corrected chi connectivity index (χ0v) is 15.9. The average molecular weight is 396 g/mol. The van der Waals surface area contributed by atoms with Crippen LogP contribution < -0.4 is 21.9 Å². The van der Waals surface area contributed by atoms with Crippen LogP contribution in [0.4, 0.5) is 15.9 Å². The normalized spacial score (nSPS) is 10.7. The van der Waals surface area contributed by atoms with Crippen molar-refractivity contribution in [3.8, 4) is 0 Å². The van der Waals surface area contributed by atoms with Gasteiger partial charge >= 0.3 is 5.69 Å². The number of halogens is 1. The van der Waals surface area contributed by atoms with Crippen LogP contribution in [0.15, 0.2) is 64.2 Å². The van der Waals surface area contributed by atoms with Crippen LogP contribution in [0.2, 0.25) is 0 Å². The molecule has 0 aliphatic rings. The van der Waals surface area contributed by atoms with E-state index in [2.05, 4.69) is 4.98 Å². The quantitative estimate of drug-likeness (QED) is 0.664. The van der Waals surface area contributed by atoms with Crippen molar-refractivity contribution in [1.29, 1.82) is 0 Å². The maximum atomic E-state index is 13.9. The van der Waals surface area contributed by atoms with Gasteiger partial charge in [-0.25, -0.2) is 9.18 Å². The first-order valence-electron chi connectivity index (χ1n) is 9.12. The van der Waals surface area contributed by atoms with Crippen molar-refractivity contribution in [3.63, 3.8) is 0 Å². The molecule has 3 N–H and O–H groups in total. The Balaban J connectivity index is 2.00. The van der Waals surface area contributed by atoms with Crippen LogP contribution in [-0.2, 0) is 17.8 Å². The van der Waals surface area contributed by atoms with Gasteiger partial charge in [0.15, 0.2) is 5.69 Å². The highest BCUT2D eigenvalue weighted by atomic mass is 19.1. The molecule has 7 nitrogen and oxygen atoms in total. The molecule has 1 heterocycles. The Hall–Kier alpha value is -3.68. The Morgan fingerprint density at radius 1 is 1.10 bits per heavy atom. The van der Waals surface area contributed by atoms with Gasteiger partial charge in [-0.05, 0) is 24.1 Å². The monoisotopic (exact) mass is 396 g/mol. The summed E-state index contributed by atoms with van der Waals surface area (Å²) >= 11 is 0. The third kappa shape index (κ3) is 4.26.